The Hall–Kier alpha value is -3.14. The molecule has 4 heterocycles. The van der Waals surface area contributed by atoms with Crippen LogP contribution in [-0.2, 0) is 0 Å². The van der Waals surface area contributed by atoms with Gasteiger partial charge in [-0.15, -0.1) is 25.2 Å². The third-order valence-electron chi connectivity index (χ3n) is 6.65. The lowest BCUT2D eigenvalue weighted by molar-refractivity contribution is 0.0701. The third-order valence-corrected chi connectivity index (χ3v) is 6.65. The SMILES string of the molecule is Cc1nnn(-c2ccc(-c3ccc(N(C)[C@@H]4C[C@H]5CC[C@@H]([C@H]4F)N5C)nn3)c(O)c2)n1. The molecule has 2 aromatic heterocycles. The van der Waals surface area contributed by atoms with Crippen LogP contribution in [0, 0.1) is 6.92 Å². The lowest BCUT2D eigenvalue weighted by Gasteiger charge is -2.43. The molecule has 9 nitrogen and oxygen atoms in total. The van der Waals surface area contributed by atoms with Gasteiger partial charge in [-0.2, -0.15) is 0 Å². The van der Waals surface area contributed by atoms with E-state index in [1.807, 2.05) is 25.1 Å². The molecule has 3 aromatic rings. The maximum Gasteiger partial charge on any atom is 0.172 e. The number of aromatic hydroxyl groups is 1. The summed E-state index contributed by atoms with van der Waals surface area (Å²) < 4.78 is 15.1. The first-order chi connectivity index (χ1) is 14.9. The van der Waals surface area contributed by atoms with Gasteiger partial charge in [-0.1, -0.05) is 0 Å². The number of fused-ring (bicyclic) bond motifs is 2. The molecule has 162 valence electrons. The lowest BCUT2D eigenvalue weighted by atomic mass is 9.95. The summed E-state index contributed by atoms with van der Waals surface area (Å²) in [5.41, 5.74) is 1.67. The fourth-order valence-electron chi connectivity index (χ4n) is 4.83. The van der Waals surface area contributed by atoms with Crippen LogP contribution in [0.4, 0.5) is 10.2 Å². The summed E-state index contributed by atoms with van der Waals surface area (Å²) in [6.45, 7) is 1.74. The summed E-state index contributed by atoms with van der Waals surface area (Å²) in [5, 5.41) is 31.0. The number of nitrogens with zero attached hydrogens (tertiary/aromatic N) is 8. The molecule has 0 aliphatic carbocycles. The van der Waals surface area contributed by atoms with Crippen LogP contribution in [0.3, 0.4) is 0 Å². The molecule has 2 aliphatic rings. The standard InChI is InChI=1S/C21H25FN8O/c1-12-23-27-30(26-12)14-4-6-15(19(31)11-14)16-7-9-20(25-24-16)29(3)18-10-13-5-8-17(21(18)22)28(13)2/h4,6-7,9,11,13,17-18,21,31H,5,8,10H2,1-3H3/t13-,17+,18-,21-/m1/s1. The van der Waals surface area contributed by atoms with Crippen LogP contribution in [0.2, 0.25) is 0 Å². The molecule has 0 unspecified atom stereocenters. The summed E-state index contributed by atoms with van der Waals surface area (Å²) in [5.74, 6) is 1.21. The van der Waals surface area contributed by atoms with Gasteiger partial charge in [-0.25, -0.2) is 4.39 Å². The quantitative estimate of drug-likeness (QED) is 0.681. The zero-order valence-electron chi connectivity index (χ0n) is 17.7. The summed E-state index contributed by atoms with van der Waals surface area (Å²) >= 11 is 0. The van der Waals surface area contributed by atoms with Crippen molar-refractivity contribution in [1.82, 2.24) is 35.3 Å². The molecule has 1 N–H and O–H groups in total. The maximum atomic E-state index is 15.1. The van der Waals surface area contributed by atoms with Crippen molar-refractivity contribution in [2.75, 3.05) is 19.0 Å². The van der Waals surface area contributed by atoms with E-state index in [2.05, 4.69) is 30.5 Å². The van der Waals surface area contributed by atoms with E-state index >= 15 is 4.39 Å². The monoisotopic (exact) mass is 424 g/mol. The van der Waals surface area contributed by atoms with E-state index in [1.54, 1.807) is 31.2 Å². The van der Waals surface area contributed by atoms with Gasteiger partial charge >= 0.3 is 0 Å². The molecule has 2 fully saturated rings. The Morgan fingerprint density at radius 2 is 1.97 bits per heavy atom. The number of aryl methyl sites for hydroxylation is 1. The Morgan fingerprint density at radius 1 is 1.13 bits per heavy atom. The maximum absolute atomic E-state index is 15.1. The minimum Gasteiger partial charge on any atom is -0.507 e. The van der Waals surface area contributed by atoms with Gasteiger partial charge in [0.1, 0.15) is 11.9 Å². The van der Waals surface area contributed by atoms with Crippen LogP contribution >= 0.6 is 0 Å². The molecule has 0 spiro atoms. The van der Waals surface area contributed by atoms with Crippen LogP contribution in [0.15, 0.2) is 30.3 Å². The molecule has 2 bridgehead atoms. The number of benzene rings is 1. The van der Waals surface area contributed by atoms with Gasteiger partial charge in [0.2, 0.25) is 0 Å². The van der Waals surface area contributed by atoms with Gasteiger partial charge in [0.15, 0.2) is 11.6 Å². The Morgan fingerprint density at radius 3 is 2.65 bits per heavy atom. The van der Waals surface area contributed by atoms with E-state index in [9.17, 15) is 5.11 Å². The average Bonchev–Trinajstić information content (AvgIpc) is 3.31. The summed E-state index contributed by atoms with van der Waals surface area (Å²) in [7, 11) is 3.91. The molecular weight excluding hydrogens is 399 g/mol. The van der Waals surface area contributed by atoms with Gasteiger partial charge in [0.05, 0.1) is 17.4 Å². The summed E-state index contributed by atoms with van der Waals surface area (Å²) in [6.07, 6.45) is 1.83. The van der Waals surface area contributed by atoms with Crippen molar-refractivity contribution >= 4 is 5.82 Å². The highest BCUT2D eigenvalue weighted by molar-refractivity contribution is 5.68. The van der Waals surface area contributed by atoms with E-state index < -0.39 is 6.17 Å². The zero-order valence-corrected chi connectivity index (χ0v) is 17.7. The summed E-state index contributed by atoms with van der Waals surface area (Å²) in [4.78, 5) is 5.44. The normalized spacial score (nSPS) is 25.7. The molecule has 0 saturated carbocycles. The molecule has 2 aliphatic heterocycles. The van der Waals surface area contributed by atoms with Crippen LogP contribution in [0.1, 0.15) is 25.1 Å². The molecule has 31 heavy (non-hydrogen) atoms. The Balaban J connectivity index is 1.35. The van der Waals surface area contributed by atoms with Crippen molar-refractivity contribution in [3.05, 3.63) is 36.2 Å². The number of hydrogen-bond donors (Lipinski definition) is 1. The number of hydrogen-bond acceptors (Lipinski definition) is 8. The van der Waals surface area contributed by atoms with E-state index in [4.69, 9.17) is 0 Å². The number of alkyl halides is 1. The summed E-state index contributed by atoms with van der Waals surface area (Å²) in [6, 6.07) is 8.89. The first-order valence-electron chi connectivity index (χ1n) is 10.5. The fourth-order valence-corrected chi connectivity index (χ4v) is 4.83. The molecule has 0 radical (unpaired) electrons. The van der Waals surface area contributed by atoms with Crippen molar-refractivity contribution in [2.24, 2.45) is 0 Å². The highest BCUT2D eigenvalue weighted by atomic mass is 19.1. The average molecular weight is 424 g/mol. The van der Waals surface area contributed by atoms with E-state index in [-0.39, 0.29) is 17.8 Å². The Labute approximate surface area is 179 Å². The first kappa shape index (κ1) is 19.8. The second-order valence-electron chi connectivity index (χ2n) is 8.43. The number of tetrazole rings is 1. The molecular formula is C21H25FN8O. The van der Waals surface area contributed by atoms with Crippen LogP contribution < -0.4 is 4.90 Å². The highest BCUT2D eigenvalue weighted by Crippen LogP contribution is 2.39. The first-order valence-corrected chi connectivity index (χ1v) is 10.5. The zero-order chi connectivity index (χ0) is 21.7. The van der Waals surface area contributed by atoms with E-state index in [0.29, 0.717) is 34.6 Å². The van der Waals surface area contributed by atoms with Gasteiger partial charge in [-0.05, 0) is 62.7 Å². The van der Waals surface area contributed by atoms with Gasteiger partial charge in [0, 0.05) is 30.8 Å². The van der Waals surface area contributed by atoms with Crippen LogP contribution in [0.5, 0.6) is 5.75 Å². The van der Waals surface area contributed by atoms with Crippen LogP contribution in [-0.4, -0.2) is 78.8 Å². The second kappa shape index (κ2) is 7.52. The Bertz CT molecular complexity index is 1090. The molecule has 4 atom stereocenters. The molecule has 0 amide bonds. The van der Waals surface area contributed by atoms with Crippen molar-refractivity contribution in [2.45, 2.75) is 50.5 Å². The third kappa shape index (κ3) is 3.40. The second-order valence-corrected chi connectivity index (χ2v) is 8.43. The van der Waals surface area contributed by atoms with Gasteiger partial charge in [0.25, 0.3) is 0 Å². The predicted octanol–water partition coefficient (Wildman–Crippen LogP) is 2.14. The van der Waals surface area contributed by atoms with Crippen molar-refractivity contribution in [1.29, 1.82) is 0 Å². The molecule has 1 aromatic carbocycles. The van der Waals surface area contributed by atoms with E-state index in [1.165, 1.54) is 4.80 Å². The number of piperidine rings is 1. The predicted molar refractivity (Wildman–Crippen MR) is 113 cm³/mol. The molecule has 10 heteroatoms. The highest BCUT2D eigenvalue weighted by Gasteiger charge is 2.47. The Kier molecular flexibility index (Phi) is 4.81. The molecule has 2 saturated heterocycles. The van der Waals surface area contributed by atoms with Crippen molar-refractivity contribution in [3.8, 4) is 22.7 Å². The molecule has 5 rings (SSSR count). The fraction of sp³-hybridized carbons (Fsp3) is 0.476. The van der Waals surface area contributed by atoms with Gasteiger partial charge < -0.3 is 10.0 Å². The number of phenolic OH excluding ortho intramolecular Hbond substituents is 1. The largest absolute Gasteiger partial charge is 0.507 e. The lowest BCUT2D eigenvalue weighted by Crippen LogP contribution is -2.56. The van der Waals surface area contributed by atoms with E-state index in [0.717, 1.165) is 19.3 Å². The minimum atomic E-state index is -0.916. The number of phenols is 1. The topological polar surface area (TPSA) is 96.1 Å². The van der Waals surface area contributed by atoms with Crippen molar-refractivity contribution < 1.29 is 9.50 Å². The number of rotatable bonds is 4. The number of aromatic nitrogens is 6. The minimum absolute atomic E-state index is 0.0165. The van der Waals surface area contributed by atoms with Gasteiger partial charge in [-0.3, -0.25) is 4.90 Å². The number of halogens is 1. The van der Waals surface area contributed by atoms with Crippen molar-refractivity contribution in [3.63, 3.8) is 0 Å². The van der Waals surface area contributed by atoms with Crippen LogP contribution in [0.25, 0.3) is 16.9 Å². The number of anilines is 1. The smallest absolute Gasteiger partial charge is 0.172 e.